The van der Waals surface area contributed by atoms with E-state index >= 15 is 0 Å². The molecular formula is C20H26Cl2N4O2. The Kier molecular flexibility index (Phi) is 7.12. The second kappa shape index (κ2) is 8.97. The van der Waals surface area contributed by atoms with Crippen LogP contribution in [0.3, 0.4) is 0 Å². The van der Waals surface area contributed by atoms with Crippen molar-refractivity contribution in [1.29, 1.82) is 0 Å². The predicted octanol–water partition coefficient (Wildman–Crippen LogP) is 4.80. The topological polar surface area (TPSA) is 86.9 Å². The first-order valence-electron chi connectivity index (χ1n) is 9.10. The van der Waals surface area contributed by atoms with Crippen LogP contribution in [-0.4, -0.2) is 28.1 Å². The molecule has 6 nitrogen and oxygen atoms in total. The molecule has 0 saturated carbocycles. The van der Waals surface area contributed by atoms with Gasteiger partial charge >= 0.3 is 0 Å². The van der Waals surface area contributed by atoms with E-state index in [2.05, 4.69) is 20.8 Å². The van der Waals surface area contributed by atoms with Crippen LogP contribution < -0.4 is 10.6 Å². The van der Waals surface area contributed by atoms with Crippen molar-refractivity contribution >= 4 is 40.8 Å². The van der Waals surface area contributed by atoms with Crippen molar-refractivity contribution in [3.8, 4) is 0 Å². The second-order valence-corrected chi connectivity index (χ2v) is 9.03. The van der Waals surface area contributed by atoms with E-state index in [1.54, 1.807) is 12.1 Å². The maximum absolute atomic E-state index is 12.8. The molecule has 0 fully saturated rings. The number of aromatic amines is 1. The molecule has 1 unspecified atom stereocenters. The normalized spacial score (nSPS) is 12.7. The summed E-state index contributed by atoms with van der Waals surface area (Å²) in [5, 5.41) is 13.3. The fourth-order valence-electron chi connectivity index (χ4n) is 2.60. The van der Waals surface area contributed by atoms with Crippen molar-refractivity contribution in [2.75, 3.05) is 5.32 Å². The number of carbonyl (C=O) groups is 2. The number of rotatable bonds is 6. The summed E-state index contributed by atoms with van der Waals surface area (Å²) in [6, 6.07) is 5.68. The Hall–Kier alpha value is -2.05. The van der Waals surface area contributed by atoms with E-state index in [4.69, 9.17) is 23.2 Å². The van der Waals surface area contributed by atoms with Crippen LogP contribution in [0.2, 0.25) is 10.0 Å². The van der Waals surface area contributed by atoms with Gasteiger partial charge in [0, 0.05) is 22.2 Å². The van der Waals surface area contributed by atoms with Gasteiger partial charge in [-0.3, -0.25) is 14.7 Å². The Bertz CT molecular complexity index is 856. The molecule has 2 aromatic rings. The van der Waals surface area contributed by atoms with E-state index in [-0.39, 0.29) is 27.8 Å². The lowest BCUT2D eigenvalue weighted by Crippen LogP contribution is -2.44. The van der Waals surface area contributed by atoms with E-state index in [1.807, 2.05) is 34.6 Å². The van der Waals surface area contributed by atoms with Crippen LogP contribution in [0.4, 0.5) is 5.82 Å². The number of nitrogens with one attached hydrogen (secondary N) is 3. The lowest BCUT2D eigenvalue weighted by Gasteiger charge is -2.20. The molecule has 0 aliphatic heterocycles. The fourth-order valence-corrected chi connectivity index (χ4v) is 3.09. The van der Waals surface area contributed by atoms with Crippen LogP contribution in [-0.2, 0) is 10.2 Å². The Morgan fingerprint density at radius 2 is 1.86 bits per heavy atom. The van der Waals surface area contributed by atoms with Crippen LogP contribution in [0.15, 0.2) is 24.3 Å². The summed E-state index contributed by atoms with van der Waals surface area (Å²) in [6.07, 6.45) is 0.472. The average molecular weight is 425 g/mol. The quantitative estimate of drug-likeness (QED) is 0.622. The van der Waals surface area contributed by atoms with Gasteiger partial charge < -0.3 is 10.6 Å². The maximum Gasteiger partial charge on any atom is 0.253 e. The number of aromatic nitrogens is 2. The van der Waals surface area contributed by atoms with E-state index in [0.717, 1.165) is 5.69 Å². The van der Waals surface area contributed by atoms with Crippen molar-refractivity contribution in [1.82, 2.24) is 15.5 Å². The first-order chi connectivity index (χ1) is 13.0. The Morgan fingerprint density at radius 1 is 1.18 bits per heavy atom. The number of carbonyl (C=O) groups excluding carboxylic acids is 2. The highest BCUT2D eigenvalue weighted by molar-refractivity contribution is 6.36. The van der Waals surface area contributed by atoms with E-state index in [0.29, 0.717) is 17.3 Å². The maximum atomic E-state index is 12.8. The van der Waals surface area contributed by atoms with Crippen molar-refractivity contribution in [3.05, 3.63) is 45.6 Å². The third-order valence-corrected chi connectivity index (χ3v) is 4.69. The average Bonchev–Trinajstić information content (AvgIpc) is 3.02. The van der Waals surface area contributed by atoms with Crippen LogP contribution in [0.25, 0.3) is 0 Å². The third-order valence-electron chi connectivity index (χ3n) is 4.14. The molecular weight excluding hydrogens is 399 g/mol. The second-order valence-electron chi connectivity index (χ2n) is 8.19. The summed E-state index contributed by atoms with van der Waals surface area (Å²) in [4.78, 5) is 25.4. The first kappa shape index (κ1) is 22.2. The summed E-state index contributed by atoms with van der Waals surface area (Å²) in [5.41, 5.74) is 1.05. The van der Waals surface area contributed by atoms with Gasteiger partial charge in [0.2, 0.25) is 5.91 Å². The zero-order valence-corrected chi connectivity index (χ0v) is 18.2. The lowest BCUT2D eigenvalue weighted by molar-refractivity contribution is -0.118. The van der Waals surface area contributed by atoms with Gasteiger partial charge in [0.15, 0.2) is 5.82 Å². The number of benzene rings is 1. The van der Waals surface area contributed by atoms with Gasteiger partial charge in [-0.2, -0.15) is 5.10 Å². The van der Waals surface area contributed by atoms with Crippen molar-refractivity contribution in [3.63, 3.8) is 0 Å². The summed E-state index contributed by atoms with van der Waals surface area (Å²) in [7, 11) is 0. The van der Waals surface area contributed by atoms with Crippen molar-refractivity contribution in [2.45, 2.75) is 52.5 Å². The fraction of sp³-hybridized carbons (Fsp3) is 0.450. The monoisotopic (exact) mass is 424 g/mol. The molecule has 0 aliphatic rings. The number of amides is 2. The highest BCUT2D eigenvalue weighted by Gasteiger charge is 2.25. The van der Waals surface area contributed by atoms with Crippen molar-refractivity contribution in [2.24, 2.45) is 5.92 Å². The van der Waals surface area contributed by atoms with E-state index < -0.39 is 11.9 Å². The number of hydrogen-bond acceptors (Lipinski definition) is 3. The lowest BCUT2D eigenvalue weighted by atomic mass is 9.92. The highest BCUT2D eigenvalue weighted by atomic mass is 35.5. The largest absolute Gasteiger partial charge is 0.340 e. The van der Waals surface area contributed by atoms with Gasteiger partial charge in [-0.25, -0.2) is 0 Å². The Labute approximate surface area is 175 Å². The molecule has 0 spiro atoms. The Balaban J connectivity index is 2.14. The summed E-state index contributed by atoms with van der Waals surface area (Å²) in [6.45, 7) is 10.1. The molecule has 28 heavy (non-hydrogen) atoms. The summed E-state index contributed by atoms with van der Waals surface area (Å²) >= 11 is 12.0. The molecule has 0 saturated heterocycles. The molecule has 1 heterocycles. The first-order valence-corrected chi connectivity index (χ1v) is 9.85. The number of anilines is 1. The van der Waals surface area contributed by atoms with Crippen molar-refractivity contribution < 1.29 is 9.59 Å². The van der Waals surface area contributed by atoms with Gasteiger partial charge in [-0.15, -0.1) is 0 Å². The minimum Gasteiger partial charge on any atom is -0.340 e. The van der Waals surface area contributed by atoms with Gasteiger partial charge in [0.05, 0.1) is 10.6 Å². The molecule has 2 amide bonds. The van der Waals surface area contributed by atoms with E-state index in [1.165, 1.54) is 12.1 Å². The molecule has 152 valence electrons. The van der Waals surface area contributed by atoms with Gasteiger partial charge in [0.25, 0.3) is 5.91 Å². The van der Waals surface area contributed by atoms with Gasteiger partial charge in [-0.1, -0.05) is 57.8 Å². The predicted molar refractivity (Wildman–Crippen MR) is 113 cm³/mol. The third kappa shape index (κ3) is 5.97. The number of H-pyrrole nitrogens is 1. The standard InChI is InChI=1S/C20H26Cl2N4O2/c1-11(2)8-15(23-18(27)13-7-6-12(21)9-14(13)22)19(28)24-17-10-16(25-26-17)20(3,4)5/h6-7,9-11,15H,8H2,1-5H3,(H,23,27)(H2,24,25,26,28). The molecule has 1 aromatic heterocycles. The molecule has 3 N–H and O–H groups in total. The summed E-state index contributed by atoms with van der Waals surface area (Å²) in [5.74, 6) is -0.150. The number of nitrogens with zero attached hydrogens (tertiary/aromatic N) is 1. The minimum atomic E-state index is -0.728. The zero-order valence-electron chi connectivity index (χ0n) is 16.7. The Morgan fingerprint density at radius 3 is 2.39 bits per heavy atom. The van der Waals surface area contributed by atoms with Gasteiger partial charge in [0.1, 0.15) is 6.04 Å². The van der Waals surface area contributed by atoms with Gasteiger partial charge in [-0.05, 0) is 30.5 Å². The molecule has 2 rings (SSSR count). The van der Waals surface area contributed by atoms with Crippen LogP contribution in [0, 0.1) is 5.92 Å². The summed E-state index contributed by atoms with van der Waals surface area (Å²) < 4.78 is 0. The smallest absolute Gasteiger partial charge is 0.253 e. The molecule has 1 atom stereocenters. The SMILES string of the molecule is CC(C)CC(NC(=O)c1ccc(Cl)cc1Cl)C(=O)Nc1cc(C(C)(C)C)[nH]n1. The minimum absolute atomic E-state index is 0.118. The van der Waals surface area contributed by atoms with Crippen LogP contribution in [0.5, 0.6) is 0 Å². The highest BCUT2D eigenvalue weighted by Crippen LogP contribution is 2.23. The molecule has 0 aliphatic carbocycles. The molecule has 0 bridgehead atoms. The molecule has 8 heteroatoms. The molecule has 0 radical (unpaired) electrons. The van der Waals surface area contributed by atoms with Crippen LogP contribution >= 0.6 is 23.2 Å². The number of halogens is 2. The van der Waals surface area contributed by atoms with E-state index in [9.17, 15) is 9.59 Å². The molecule has 1 aromatic carbocycles. The van der Waals surface area contributed by atoms with Crippen LogP contribution in [0.1, 0.15) is 57.1 Å². The number of hydrogen-bond donors (Lipinski definition) is 3. The zero-order chi connectivity index (χ0) is 21.1.